The predicted molar refractivity (Wildman–Crippen MR) is 95.5 cm³/mol. The van der Waals surface area contributed by atoms with Gasteiger partial charge in [0.2, 0.25) is 0 Å². The second-order valence-electron chi connectivity index (χ2n) is 6.36. The molecule has 0 unspecified atom stereocenters. The third kappa shape index (κ3) is 2.74. The van der Waals surface area contributed by atoms with Gasteiger partial charge < -0.3 is 10.8 Å². The molecule has 0 amide bonds. The summed E-state index contributed by atoms with van der Waals surface area (Å²) in [6.07, 6.45) is 0. The van der Waals surface area contributed by atoms with Gasteiger partial charge >= 0.3 is 5.97 Å². The summed E-state index contributed by atoms with van der Waals surface area (Å²) in [5.74, 6) is -1.94. The van der Waals surface area contributed by atoms with Gasteiger partial charge in [-0.2, -0.15) is 0 Å². The summed E-state index contributed by atoms with van der Waals surface area (Å²) in [6.45, 7) is 1.58. The number of aliphatic carboxylic acids is 1. The van der Waals surface area contributed by atoms with Gasteiger partial charge in [0.05, 0.1) is 10.1 Å². The number of hydrogen-bond donors (Lipinski definition) is 2. The number of carbonyl (C=O) groups is 1. The van der Waals surface area contributed by atoms with Crippen LogP contribution in [0.2, 0.25) is 5.02 Å². The van der Waals surface area contributed by atoms with Crippen LogP contribution in [0, 0.1) is 12.3 Å². The van der Waals surface area contributed by atoms with Crippen LogP contribution in [0.15, 0.2) is 53.4 Å². The van der Waals surface area contributed by atoms with Crippen LogP contribution >= 0.6 is 11.6 Å². The Morgan fingerprint density at radius 3 is 2.40 bits per heavy atom. The fourth-order valence-electron chi connectivity index (χ4n) is 3.49. The monoisotopic (exact) mass is 379 g/mol. The Bertz CT molecular complexity index is 926. The Balaban J connectivity index is 2.12. The van der Waals surface area contributed by atoms with E-state index in [-0.39, 0.29) is 11.4 Å². The molecule has 0 radical (unpaired) electrons. The SMILES string of the molecule is Cc1ccc(S(=O)(=O)[C@H]2[C@@H](c3cccc(Cl)c3)[C@@]2(CN)C(=O)O)cc1. The number of benzene rings is 2. The Morgan fingerprint density at radius 1 is 1.24 bits per heavy atom. The van der Waals surface area contributed by atoms with E-state index in [9.17, 15) is 18.3 Å². The standard InChI is InChI=1S/C18H18ClNO4S/c1-11-5-7-14(8-6-11)25(23,24)16-15(18(16,10-20)17(21)22)12-3-2-4-13(19)9-12/h2-9,15-16H,10,20H2,1H3,(H,21,22)/t15-,16+,18-/m1/s1. The topological polar surface area (TPSA) is 97.5 Å². The van der Waals surface area contributed by atoms with Gasteiger partial charge in [-0.3, -0.25) is 4.79 Å². The van der Waals surface area contributed by atoms with Crippen LogP contribution in [-0.4, -0.2) is 31.3 Å². The van der Waals surface area contributed by atoms with Crippen molar-refractivity contribution in [3.63, 3.8) is 0 Å². The van der Waals surface area contributed by atoms with Crippen molar-refractivity contribution in [2.75, 3.05) is 6.54 Å². The third-order valence-corrected chi connectivity index (χ3v) is 7.41. The zero-order valence-electron chi connectivity index (χ0n) is 13.5. The van der Waals surface area contributed by atoms with Gasteiger partial charge in [-0.1, -0.05) is 41.4 Å². The van der Waals surface area contributed by atoms with Crippen LogP contribution in [0.25, 0.3) is 0 Å². The molecule has 0 heterocycles. The molecule has 1 aliphatic carbocycles. The molecule has 25 heavy (non-hydrogen) atoms. The molecule has 0 spiro atoms. The largest absolute Gasteiger partial charge is 0.481 e. The van der Waals surface area contributed by atoms with Gasteiger partial charge in [0.1, 0.15) is 5.41 Å². The van der Waals surface area contributed by atoms with Gasteiger partial charge in [-0.15, -0.1) is 0 Å². The van der Waals surface area contributed by atoms with E-state index in [2.05, 4.69) is 0 Å². The Morgan fingerprint density at radius 2 is 1.88 bits per heavy atom. The first-order chi connectivity index (χ1) is 11.7. The van der Waals surface area contributed by atoms with E-state index in [1.807, 2.05) is 6.92 Å². The molecule has 7 heteroatoms. The second kappa shape index (κ2) is 6.12. The Hall–Kier alpha value is -1.89. The molecular weight excluding hydrogens is 362 g/mol. The average Bonchev–Trinajstić information content (AvgIpc) is 3.27. The van der Waals surface area contributed by atoms with Gasteiger partial charge in [0.15, 0.2) is 9.84 Å². The van der Waals surface area contributed by atoms with Crippen molar-refractivity contribution in [1.29, 1.82) is 0 Å². The van der Waals surface area contributed by atoms with E-state index in [0.29, 0.717) is 10.6 Å². The van der Waals surface area contributed by atoms with Crippen molar-refractivity contribution in [3.05, 3.63) is 64.7 Å². The number of carboxylic acid groups (broad SMARTS) is 1. The lowest BCUT2D eigenvalue weighted by molar-refractivity contribution is -0.143. The minimum Gasteiger partial charge on any atom is -0.481 e. The average molecular weight is 380 g/mol. The maximum Gasteiger partial charge on any atom is 0.312 e. The first-order valence-corrected chi connectivity index (χ1v) is 9.67. The Kier molecular flexibility index (Phi) is 4.39. The number of aryl methyl sites for hydroxylation is 1. The third-order valence-electron chi connectivity index (χ3n) is 4.88. The molecule has 2 aromatic rings. The molecule has 1 fully saturated rings. The zero-order valence-corrected chi connectivity index (χ0v) is 15.1. The molecule has 0 aromatic heterocycles. The van der Waals surface area contributed by atoms with Crippen LogP contribution < -0.4 is 5.73 Å². The first-order valence-electron chi connectivity index (χ1n) is 7.74. The molecule has 0 saturated heterocycles. The highest BCUT2D eigenvalue weighted by atomic mass is 35.5. The number of halogens is 1. The lowest BCUT2D eigenvalue weighted by atomic mass is 9.99. The van der Waals surface area contributed by atoms with Crippen LogP contribution in [0.3, 0.4) is 0 Å². The normalized spacial score (nSPS) is 25.6. The minimum atomic E-state index is -3.86. The summed E-state index contributed by atoms with van der Waals surface area (Å²) in [6, 6.07) is 13.0. The van der Waals surface area contributed by atoms with Crippen molar-refractivity contribution >= 4 is 27.4 Å². The molecule has 0 aliphatic heterocycles. The van der Waals surface area contributed by atoms with E-state index < -0.39 is 32.4 Å². The summed E-state index contributed by atoms with van der Waals surface area (Å²) in [7, 11) is -3.86. The lowest BCUT2D eigenvalue weighted by Gasteiger charge is -2.10. The predicted octanol–water partition coefficient (Wildman–Crippen LogP) is 2.62. The summed E-state index contributed by atoms with van der Waals surface area (Å²) in [4.78, 5) is 12.1. The van der Waals surface area contributed by atoms with E-state index in [1.54, 1.807) is 36.4 Å². The van der Waals surface area contributed by atoms with Gasteiger partial charge in [-0.25, -0.2) is 8.42 Å². The first kappa shape index (κ1) is 17.9. The molecule has 3 atom stereocenters. The van der Waals surface area contributed by atoms with Gasteiger partial charge in [0.25, 0.3) is 0 Å². The summed E-state index contributed by atoms with van der Waals surface area (Å²) >= 11 is 6.00. The van der Waals surface area contributed by atoms with Crippen molar-refractivity contribution in [1.82, 2.24) is 0 Å². The molecule has 5 nitrogen and oxygen atoms in total. The van der Waals surface area contributed by atoms with E-state index in [0.717, 1.165) is 5.56 Å². The van der Waals surface area contributed by atoms with E-state index >= 15 is 0 Å². The highest BCUT2D eigenvalue weighted by molar-refractivity contribution is 7.92. The number of rotatable bonds is 5. The highest BCUT2D eigenvalue weighted by Gasteiger charge is 2.75. The van der Waals surface area contributed by atoms with Crippen LogP contribution in [-0.2, 0) is 14.6 Å². The summed E-state index contributed by atoms with van der Waals surface area (Å²) in [5, 5.41) is 9.05. The van der Waals surface area contributed by atoms with Crippen molar-refractivity contribution in [3.8, 4) is 0 Å². The lowest BCUT2D eigenvalue weighted by Crippen LogP contribution is -2.31. The fourth-order valence-corrected chi connectivity index (χ4v) is 6.08. The van der Waals surface area contributed by atoms with Crippen molar-refractivity contribution in [2.24, 2.45) is 11.1 Å². The van der Waals surface area contributed by atoms with Crippen molar-refractivity contribution < 1.29 is 18.3 Å². The zero-order chi connectivity index (χ0) is 18.4. The number of sulfone groups is 1. The maximum atomic E-state index is 13.1. The molecule has 0 bridgehead atoms. The smallest absolute Gasteiger partial charge is 0.312 e. The van der Waals surface area contributed by atoms with Gasteiger partial charge in [0, 0.05) is 17.5 Å². The second-order valence-corrected chi connectivity index (χ2v) is 8.87. The van der Waals surface area contributed by atoms with Crippen LogP contribution in [0.1, 0.15) is 17.0 Å². The summed E-state index contributed by atoms with van der Waals surface area (Å²) < 4.78 is 26.2. The molecule has 2 aromatic carbocycles. The highest BCUT2D eigenvalue weighted by Crippen LogP contribution is 2.63. The summed E-state index contributed by atoms with van der Waals surface area (Å²) in [5.41, 5.74) is 5.69. The number of nitrogens with two attached hydrogens (primary N) is 1. The van der Waals surface area contributed by atoms with Crippen molar-refractivity contribution in [2.45, 2.75) is 23.0 Å². The molecule has 1 saturated carbocycles. The van der Waals surface area contributed by atoms with Gasteiger partial charge in [-0.05, 0) is 36.8 Å². The number of carboxylic acids is 1. The minimum absolute atomic E-state index is 0.103. The quantitative estimate of drug-likeness (QED) is 0.832. The molecular formula is C18H18ClNO4S. The number of hydrogen-bond acceptors (Lipinski definition) is 4. The van der Waals surface area contributed by atoms with E-state index in [1.165, 1.54) is 12.1 Å². The fraction of sp³-hybridized carbons (Fsp3) is 0.278. The molecule has 132 valence electrons. The molecule has 1 aliphatic rings. The Labute approximate surface area is 151 Å². The van der Waals surface area contributed by atoms with Crippen LogP contribution in [0.4, 0.5) is 0 Å². The van der Waals surface area contributed by atoms with Crippen LogP contribution in [0.5, 0.6) is 0 Å². The molecule has 3 N–H and O–H groups in total. The maximum absolute atomic E-state index is 13.1. The van der Waals surface area contributed by atoms with E-state index in [4.69, 9.17) is 17.3 Å². The molecule has 3 rings (SSSR count).